The van der Waals surface area contributed by atoms with Gasteiger partial charge in [-0.05, 0) is 18.6 Å². The van der Waals surface area contributed by atoms with Gasteiger partial charge in [0.1, 0.15) is 10.7 Å². The minimum absolute atomic E-state index is 0.114. The lowest BCUT2D eigenvalue weighted by atomic mass is 10.1. The van der Waals surface area contributed by atoms with Gasteiger partial charge in [0.25, 0.3) is 0 Å². The van der Waals surface area contributed by atoms with E-state index in [1.165, 1.54) is 12.4 Å². The van der Waals surface area contributed by atoms with Crippen molar-refractivity contribution in [2.24, 2.45) is 0 Å². The first kappa shape index (κ1) is 10.6. The van der Waals surface area contributed by atoms with Crippen molar-refractivity contribution in [3.63, 3.8) is 0 Å². The Morgan fingerprint density at radius 1 is 1.50 bits per heavy atom. The van der Waals surface area contributed by atoms with Gasteiger partial charge < -0.3 is 5.11 Å². The van der Waals surface area contributed by atoms with E-state index in [1.807, 2.05) is 0 Å². The molecule has 0 bridgehead atoms. The Labute approximate surface area is 96.1 Å². The monoisotopic (exact) mass is 237 g/mol. The number of carboxylic acid groups (broad SMARTS) is 1. The molecule has 0 spiro atoms. The molecule has 2 N–H and O–H groups in total. The highest BCUT2D eigenvalue weighted by Gasteiger charge is 2.14. The predicted molar refractivity (Wildman–Crippen MR) is 58.5 cm³/mol. The summed E-state index contributed by atoms with van der Waals surface area (Å²) in [5.74, 6) is -1.03. The highest BCUT2D eigenvalue weighted by atomic mass is 35.5. The number of carbonyl (C=O) groups is 1. The van der Waals surface area contributed by atoms with Crippen molar-refractivity contribution in [1.29, 1.82) is 0 Å². The summed E-state index contributed by atoms with van der Waals surface area (Å²) < 4.78 is 0. The number of halogens is 1. The third-order valence-corrected chi connectivity index (χ3v) is 2.57. The maximum atomic E-state index is 10.9. The summed E-state index contributed by atoms with van der Waals surface area (Å²) in [7, 11) is 0. The zero-order valence-electron chi connectivity index (χ0n) is 8.36. The second-order valence-corrected chi connectivity index (χ2v) is 3.65. The van der Waals surface area contributed by atoms with E-state index in [2.05, 4.69) is 15.2 Å². The smallest absolute Gasteiger partial charge is 0.339 e. The van der Waals surface area contributed by atoms with Gasteiger partial charge in [-0.3, -0.25) is 5.10 Å². The molecule has 0 aromatic carbocycles. The molecule has 0 unspecified atom stereocenters. The van der Waals surface area contributed by atoms with Crippen LogP contribution in [-0.2, 0) is 0 Å². The molecular weight excluding hydrogens is 230 g/mol. The minimum Gasteiger partial charge on any atom is -0.478 e. The molecule has 0 amide bonds. The van der Waals surface area contributed by atoms with Crippen LogP contribution in [-0.4, -0.2) is 26.3 Å². The second-order valence-electron chi connectivity index (χ2n) is 3.30. The van der Waals surface area contributed by atoms with E-state index in [4.69, 9.17) is 16.7 Å². The fourth-order valence-electron chi connectivity index (χ4n) is 1.36. The van der Waals surface area contributed by atoms with Crippen LogP contribution >= 0.6 is 11.6 Å². The number of aromatic nitrogens is 3. The minimum atomic E-state index is -1.03. The lowest BCUT2D eigenvalue weighted by Crippen LogP contribution is -1.97. The van der Waals surface area contributed by atoms with Gasteiger partial charge in [-0.2, -0.15) is 5.10 Å². The van der Waals surface area contributed by atoms with Crippen LogP contribution in [0.1, 0.15) is 15.9 Å². The Hall–Kier alpha value is -1.88. The average molecular weight is 238 g/mol. The molecule has 0 fully saturated rings. The summed E-state index contributed by atoms with van der Waals surface area (Å²) in [5.41, 5.74) is 1.98. The molecule has 0 atom stereocenters. The highest BCUT2D eigenvalue weighted by molar-refractivity contribution is 6.30. The van der Waals surface area contributed by atoms with E-state index >= 15 is 0 Å². The van der Waals surface area contributed by atoms with Crippen LogP contribution in [0, 0.1) is 6.92 Å². The molecule has 0 saturated heterocycles. The van der Waals surface area contributed by atoms with E-state index in [9.17, 15) is 4.79 Å². The summed E-state index contributed by atoms with van der Waals surface area (Å²) in [6.45, 7) is 1.80. The largest absolute Gasteiger partial charge is 0.478 e. The molecule has 82 valence electrons. The lowest BCUT2D eigenvalue weighted by molar-refractivity contribution is 0.0698. The van der Waals surface area contributed by atoms with Crippen LogP contribution in [0.3, 0.4) is 0 Å². The van der Waals surface area contributed by atoms with Crippen molar-refractivity contribution in [2.75, 3.05) is 0 Å². The maximum Gasteiger partial charge on any atom is 0.339 e. The molecular formula is C10H8ClN3O2. The molecule has 6 heteroatoms. The number of pyridine rings is 1. The number of hydrogen-bond acceptors (Lipinski definition) is 3. The first-order valence-electron chi connectivity index (χ1n) is 4.49. The molecule has 16 heavy (non-hydrogen) atoms. The number of aromatic amines is 1. The van der Waals surface area contributed by atoms with E-state index in [0.29, 0.717) is 16.4 Å². The van der Waals surface area contributed by atoms with Crippen LogP contribution in [0.2, 0.25) is 5.15 Å². The molecule has 0 aliphatic carbocycles. The number of rotatable bonds is 2. The van der Waals surface area contributed by atoms with Crippen molar-refractivity contribution in [2.45, 2.75) is 6.92 Å². The maximum absolute atomic E-state index is 10.9. The van der Waals surface area contributed by atoms with Crippen LogP contribution < -0.4 is 0 Å². The van der Waals surface area contributed by atoms with Gasteiger partial charge in [-0.1, -0.05) is 11.6 Å². The number of aromatic carboxylic acids is 1. The topological polar surface area (TPSA) is 78.9 Å². The van der Waals surface area contributed by atoms with Crippen LogP contribution in [0.15, 0.2) is 18.5 Å². The van der Waals surface area contributed by atoms with Crippen molar-refractivity contribution < 1.29 is 9.90 Å². The third kappa shape index (κ3) is 1.77. The van der Waals surface area contributed by atoms with Gasteiger partial charge in [0.2, 0.25) is 0 Å². The third-order valence-electron chi connectivity index (χ3n) is 2.17. The number of nitrogens with one attached hydrogen (secondary N) is 1. The van der Waals surface area contributed by atoms with Gasteiger partial charge in [0.15, 0.2) is 0 Å². The number of aryl methyl sites for hydroxylation is 1. The zero-order valence-corrected chi connectivity index (χ0v) is 9.12. The summed E-state index contributed by atoms with van der Waals surface area (Å²) >= 11 is 5.79. The van der Waals surface area contributed by atoms with Gasteiger partial charge in [-0.25, -0.2) is 9.78 Å². The van der Waals surface area contributed by atoms with E-state index in [-0.39, 0.29) is 5.56 Å². The molecule has 2 aromatic heterocycles. The normalized spacial score (nSPS) is 10.4. The number of carboxylic acids is 1. The van der Waals surface area contributed by atoms with Gasteiger partial charge in [0.05, 0.1) is 11.9 Å². The number of H-pyrrole nitrogens is 1. The van der Waals surface area contributed by atoms with Crippen molar-refractivity contribution in [1.82, 2.24) is 15.2 Å². The molecule has 2 heterocycles. The standard InChI is InChI=1S/C10H8ClN3O2/c1-5-2-6(3-12-9(5)11)8-7(10(15)16)4-13-14-8/h2-4H,1H3,(H,13,14)(H,15,16). The summed E-state index contributed by atoms with van der Waals surface area (Å²) in [6, 6.07) is 1.76. The predicted octanol–water partition coefficient (Wildman–Crippen LogP) is 2.13. The fraction of sp³-hybridized carbons (Fsp3) is 0.100. The number of nitrogens with zero attached hydrogens (tertiary/aromatic N) is 2. The van der Waals surface area contributed by atoms with Crippen molar-refractivity contribution in [3.8, 4) is 11.3 Å². The second kappa shape index (κ2) is 3.94. The molecule has 5 nitrogen and oxygen atoms in total. The molecule has 0 saturated carbocycles. The molecule has 0 aliphatic rings. The highest BCUT2D eigenvalue weighted by Crippen LogP contribution is 2.23. The van der Waals surface area contributed by atoms with Crippen LogP contribution in [0.4, 0.5) is 0 Å². The van der Waals surface area contributed by atoms with E-state index in [1.54, 1.807) is 13.0 Å². The Balaban J connectivity index is 2.54. The van der Waals surface area contributed by atoms with E-state index < -0.39 is 5.97 Å². The van der Waals surface area contributed by atoms with Gasteiger partial charge >= 0.3 is 5.97 Å². The lowest BCUT2D eigenvalue weighted by Gasteiger charge is -2.02. The SMILES string of the molecule is Cc1cc(-c2[nH]ncc2C(=O)O)cnc1Cl. The van der Waals surface area contributed by atoms with Gasteiger partial charge in [-0.15, -0.1) is 0 Å². The Morgan fingerprint density at radius 2 is 2.25 bits per heavy atom. The molecule has 2 aromatic rings. The van der Waals surface area contributed by atoms with Crippen molar-refractivity contribution in [3.05, 3.63) is 34.7 Å². The Kier molecular flexibility index (Phi) is 2.62. The Bertz CT molecular complexity index is 551. The summed E-state index contributed by atoms with van der Waals surface area (Å²) in [4.78, 5) is 14.9. The first-order chi connectivity index (χ1) is 7.59. The first-order valence-corrected chi connectivity index (χ1v) is 4.86. The zero-order chi connectivity index (χ0) is 11.7. The number of hydrogen-bond donors (Lipinski definition) is 2. The Morgan fingerprint density at radius 3 is 2.88 bits per heavy atom. The molecule has 0 radical (unpaired) electrons. The van der Waals surface area contributed by atoms with Gasteiger partial charge in [0, 0.05) is 11.8 Å². The quantitative estimate of drug-likeness (QED) is 0.785. The summed E-state index contributed by atoms with van der Waals surface area (Å²) in [6.07, 6.45) is 2.77. The van der Waals surface area contributed by atoms with Crippen LogP contribution in [0.5, 0.6) is 0 Å². The average Bonchev–Trinajstić information content (AvgIpc) is 2.71. The molecule has 2 rings (SSSR count). The summed E-state index contributed by atoms with van der Waals surface area (Å²) in [5, 5.41) is 15.7. The fourth-order valence-corrected chi connectivity index (χ4v) is 1.47. The van der Waals surface area contributed by atoms with E-state index in [0.717, 1.165) is 5.56 Å². The van der Waals surface area contributed by atoms with Crippen LogP contribution in [0.25, 0.3) is 11.3 Å². The van der Waals surface area contributed by atoms with Crippen molar-refractivity contribution >= 4 is 17.6 Å². The molecule has 0 aliphatic heterocycles.